The minimum Gasteiger partial charge on any atom is -0.497 e. The van der Waals surface area contributed by atoms with Crippen LogP contribution in [0, 0.1) is 0 Å². The molecule has 11 heteroatoms. The molecule has 3 aromatic rings. The van der Waals surface area contributed by atoms with Gasteiger partial charge in [0.15, 0.2) is 0 Å². The van der Waals surface area contributed by atoms with Gasteiger partial charge in [0.2, 0.25) is 5.95 Å². The third-order valence-corrected chi connectivity index (χ3v) is 6.69. The highest BCUT2D eigenvalue weighted by Crippen LogP contribution is 2.33. The van der Waals surface area contributed by atoms with Crippen LogP contribution in [-0.4, -0.2) is 39.9 Å². The lowest BCUT2D eigenvalue weighted by atomic mass is 10.0. The first kappa shape index (κ1) is 26.8. The Labute approximate surface area is 219 Å². The van der Waals surface area contributed by atoms with Crippen molar-refractivity contribution in [1.82, 2.24) is 15.3 Å². The highest BCUT2D eigenvalue weighted by Gasteiger charge is 2.24. The molecule has 3 N–H and O–H groups in total. The lowest BCUT2D eigenvalue weighted by Crippen LogP contribution is -2.40. The molecule has 0 spiro atoms. The molecule has 0 aliphatic heterocycles. The first-order chi connectivity index (χ1) is 16.5. The maximum absolute atomic E-state index is 13.4. The van der Waals surface area contributed by atoms with Gasteiger partial charge in [0.05, 0.1) is 39.5 Å². The molecule has 0 radical (unpaired) electrons. The molecular weight excluding hydrogens is 513 g/mol. The molecular formula is C24H26Cl3N5O3. The number of methoxy groups -OCH3 is 1. The number of amides is 2. The van der Waals surface area contributed by atoms with Gasteiger partial charge in [-0.05, 0) is 56.7 Å². The monoisotopic (exact) mass is 537 g/mol. The van der Waals surface area contributed by atoms with Crippen molar-refractivity contribution >= 4 is 58.3 Å². The van der Waals surface area contributed by atoms with Gasteiger partial charge in [-0.3, -0.25) is 0 Å². The SMILES string of the molecule is COc1ccc(N(C(=O)NCc2ccc(Cl)c(Cl)c2Cl)c2ccnc(NC(C)C(C)(C)O)n2)cc1. The average molecular weight is 539 g/mol. The van der Waals surface area contributed by atoms with E-state index in [4.69, 9.17) is 39.5 Å². The summed E-state index contributed by atoms with van der Waals surface area (Å²) < 4.78 is 5.23. The van der Waals surface area contributed by atoms with Crippen molar-refractivity contribution in [3.8, 4) is 5.75 Å². The number of aromatic nitrogens is 2. The zero-order valence-corrected chi connectivity index (χ0v) is 21.9. The van der Waals surface area contributed by atoms with Crippen molar-refractivity contribution in [2.45, 2.75) is 39.0 Å². The Morgan fingerprint density at radius 2 is 1.80 bits per heavy atom. The van der Waals surface area contributed by atoms with Crippen molar-refractivity contribution in [2.24, 2.45) is 0 Å². The van der Waals surface area contributed by atoms with E-state index in [2.05, 4.69) is 20.6 Å². The van der Waals surface area contributed by atoms with E-state index in [-0.39, 0.29) is 28.6 Å². The van der Waals surface area contributed by atoms with Crippen LogP contribution in [0.25, 0.3) is 0 Å². The number of halogens is 3. The summed E-state index contributed by atoms with van der Waals surface area (Å²) in [5, 5.41) is 17.0. The van der Waals surface area contributed by atoms with E-state index in [0.29, 0.717) is 27.8 Å². The summed E-state index contributed by atoms with van der Waals surface area (Å²) in [6.07, 6.45) is 1.53. The fourth-order valence-corrected chi connectivity index (χ4v) is 3.57. The van der Waals surface area contributed by atoms with Crippen molar-refractivity contribution < 1.29 is 14.6 Å². The Balaban J connectivity index is 1.92. The van der Waals surface area contributed by atoms with Crippen molar-refractivity contribution in [3.63, 3.8) is 0 Å². The van der Waals surface area contributed by atoms with Crippen LogP contribution < -0.4 is 20.3 Å². The molecule has 0 saturated carbocycles. The molecule has 1 atom stereocenters. The number of ether oxygens (including phenoxy) is 1. The minimum absolute atomic E-state index is 0.104. The quantitative estimate of drug-likeness (QED) is 0.301. The molecule has 8 nitrogen and oxygen atoms in total. The molecule has 0 aliphatic carbocycles. The number of anilines is 3. The van der Waals surface area contributed by atoms with Gasteiger partial charge in [0, 0.05) is 18.8 Å². The number of nitrogens with zero attached hydrogens (tertiary/aromatic N) is 3. The predicted molar refractivity (Wildman–Crippen MR) is 140 cm³/mol. The number of rotatable bonds is 8. The third kappa shape index (κ3) is 6.67. The van der Waals surface area contributed by atoms with Crippen LogP contribution in [0.15, 0.2) is 48.7 Å². The highest BCUT2D eigenvalue weighted by molar-refractivity contribution is 6.48. The summed E-state index contributed by atoms with van der Waals surface area (Å²) in [7, 11) is 1.56. The second kappa shape index (κ2) is 11.3. The molecule has 1 aromatic heterocycles. The van der Waals surface area contributed by atoms with E-state index in [0.717, 1.165) is 0 Å². The van der Waals surface area contributed by atoms with Gasteiger partial charge in [0.1, 0.15) is 11.6 Å². The molecule has 3 rings (SSSR count). The third-order valence-electron chi connectivity index (χ3n) is 5.35. The van der Waals surface area contributed by atoms with Crippen molar-refractivity contribution in [2.75, 3.05) is 17.3 Å². The van der Waals surface area contributed by atoms with Crippen molar-refractivity contribution in [3.05, 3.63) is 69.3 Å². The Hall–Kier alpha value is -2.78. The average Bonchev–Trinajstić information content (AvgIpc) is 2.82. The van der Waals surface area contributed by atoms with Crippen LogP contribution in [0.3, 0.4) is 0 Å². The summed E-state index contributed by atoms with van der Waals surface area (Å²) >= 11 is 18.4. The van der Waals surface area contributed by atoms with Crippen LogP contribution in [0.4, 0.5) is 22.2 Å². The number of carbonyl (C=O) groups excluding carboxylic acids is 1. The molecule has 1 unspecified atom stereocenters. The summed E-state index contributed by atoms with van der Waals surface area (Å²) in [4.78, 5) is 23.5. The fourth-order valence-electron chi connectivity index (χ4n) is 2.95. The molecule has 0 saturated heterocycles. The Morgan fingerprint density at radius 1 is 1.11 bits per heavy atom. The molecule has 2 amide bonds. The Bertz CT molecular complexity index is 1190. The van der Waals surface area contributed by atoms with E-state index in [1.807, 2.05) is 6.92 Å². The molecule has 0 aliphatic rings. The lowest BCUT2D eigenvalue weighted by molar-refractivity contribution is 0.0646. The summed E-state index contributed by atoms with van der Waals surface area (Å²) in [5.41, 5.74) is 0.141. The zero-order chi connectivity index (χ0) is 25.8. The van der Waals surface area contributed by atoms with Crippen molar-refractivity contribution in [1.29, 1.82) is 0 Å². The molecule has 186 valence electrons. The van der Waals surface area contributed by atoms with Crippen LogP contribution in [0.1, 0.15) is 26.3 Å². The summed E-state index contributed by atoms with van der Waals surface area (Å²) in [6.45, 7) is 5.28. The van der Waals surface area contributed by atoms with Gasteiger partial charge in [-0.25, -0.2) is 14.7 Å². The lowest BCUT2D eigenvalue weighted by Gasteiger charge is -2.27. The molecule has 0 fully saturated rings. The van der Waals surface area contributed by atoms with Gasteiger partial charge in [-0.1, -0.05) is 40.9 Å². The van der Waals surface area contributed by atoms with Gasteiger partial charge < -0.3 is 20.5 Å². The molecule has 1 heterocycles. The van der Waals surface area contributed by atoms with E-state index in [1.165, 1.54) is 11.1 Å². The number of nitrogens with one attached hydrogen (secondary N) is 2. The zero-order valence-electron chi connectivity index (χ0n) is 19.6. The number of benzene rings is 2. The second-order valence-corrected chi connectivity index (χ2v) is 9.45. The van der Waals surface area contributed by atoms with E-state index >= 15 is 0 Å². The minimum atomic E-state index is -1.01. The Morgan fingerprint density at radius 3 is 2.43 bits per heavy atom. The van der Waals surface area contributed by atoms with Crippen LogP contribution >= 0.6 is 34.8 Å². The number of urea groups is 1. The number of hydrogen-bond acceptors (Lipinski definition) is 6. The predicted octanol–water partition coefficient (Wildman–Crippen LogP) is 6.06. The smallest absolute Gasteiger partial charge is 0.327 e. The van der Waals surface area contributed by atoms with Gasteiger partial charge in [0.25, 0.3) is 0 Å². The summed E-state index contributed by atoms with van der Waals surface area (Å²) in [5.74, 6) is 1.21. The highest BCUT2D eigenvalue weighted by atomic mass is 35.5. The molecule has 0 bridgehead atoms. The van der Waals surface area contributed by atoms with E-state index in [9.17, 15) is 9.90 Å². The fraction of sp³-hybridized carbons (Fsp3) is 0.292. The maximum Gasteiger partial charge on any atom is 0.327 e. The van der Waals surface area contributed by atoms with Gasteiger partial charge >= 0.3 is 6.03 Å². The number of aliphatic hydroxyl groups is 1. The number of hydrogen-bond donors (Lipinski definition) is 3. The largest absolute Gasteiger partial charge is 0.497 e. The second-order valence-electron chi connectivity index (χ2n) is 8.28. The standard InChI is InChI=1S/C24H26Cl3N5O3/c1-14(24(2,3)34)30-22-28-12-11-19(31-22)32(16-6-8-17(35-4)9-7-16)23(33)29-13-15-5-10-18(25)21(27)20(15)26/h5-12,14,34H,13H2,1-4H3,(H,29,33)(H,28,30,31). The Kier molecular flexibility index (Phi) is 8.66. The van der Waals surface area contributed by atoms with E-state index in [1.54, 1.807) is 63.4 Å². The van der Waals surface area contributed by atoms with Gasteiger partial charge in [-0.2, -0.15) is 4.98 Å². The molecule has 35 heavy (non-hydrogen) atoms. The van der Waals surface area contributed by atoms with Crippen LogP contribution in [-0.2, 0) is 6.54 Å². The maximum atomic E-state index is 13.4. The first-order valence-electron chi connectivity index (χ1n) is 10.7. The summed E-state index contributed by atoms with van der Waals surface area (Å²) in [6, 6.07) is 11.1. The molecule has 2 aromatic carbocycles. The van der Waals surface area contributed by atoms with Crippen LogP contribution in [0.5, 0.6) is 5.75 Å². The number of carbonyl (C=O) groups is 1. The van der Waals surface area contributed by atoms with Gasteiger partial charge in [-0.15, -0.1) is 0 Å². The topological polar surface area (TPSA) is 99.6 Å². The van der Waals surface area contributed by atoms with E-state index < -0.39 is 11.6 Å². The van der Waals surface area contributed by atoms with Crippen LogP contribution in [0.2, 0.25) is 15.1 Å². The first-order valence-corrected chi connectivity index (χ1v) is 11.8. The normalized spacial score (nSPS) is 12.1.